The summed E-state index contributed by atoms with van der Waals surface area (Å²) in [5.74, 6) is 1.81. The molecule has 2 unspecified atom stereocenters. The van der Waals surface area contributed by atoms with Gasteiger partial charge in [0.05, 0.1) is 0 Å². The summed E-state index contributed by atoms with van der Waals surface area (Å²) < 4.78 is 5.45. The van der Waals surface area contributed by atoms with E-state index in [2.05, 4.69) is 13.8 Å². The molecule has 1 fully saturated rings. The second-order valence-electron chi connectivity index (χ2n) is 3.58. The summed E-state index contributed by atoms with van der Waals surface area (Å²) in [6.07, 6.45) is 5.33. The van der Waals surface area contributed by atoms with Crippen LogP contribution in [0.25, 0.3) is 0 Å². The molecule has 0 radical (unpaired) electrons. The molecule has 94 valence electrons. The van der Waals surface area contributed by atoms with Crippen LogP contribution in [0.5, 0.6) is 0 Å². The summed E-state index contributed by atoms with van der Waals surface area (Å²) in [6, 6.07) is 0. The van der Waals surface area contributed by atoms with Crippen molar-refractivity contribution in [3.05, 3.63) is 0 Å². The van der Waals surface area contributed by atoms with Crippen molar-refractivity contribution in [1.82, 2.24) is 0 Å². The van der Waals surface area contributed by atoms with Crippen molar-refractivity contribution in [1.29, 1.82) is 0 Å². The number of rotatable bonds is 3. The molecule has 1 heteroatoms. The molecule has 0 aromatic carbocycles. The zero-order valence-electron chi connectivity index (χ0n) is 11.8. The fourth-order valence-corrected chi connectivity index (χ4v) is 2.04. The summed E-state index contributed by atoms with van der Waals surface area (Å²) >= 11 is 0. The molecule has 0 bridgehead atoms. The molecule has 2 atom stereocenters. The summed E-state index contributed by atoms with van der Waals surface area (Å²) in [7, 11) is 0. The molecule has 1 aliphatic rings. The molecule has 0 spiro atoms. The van der Waals surface area contributed by atoms with Gasteiger partial charge in [-0.05, 0) is 18.3 Å². The molecule has 0 amide bonds. The van der Waals surface area contributed by atoms with E-state index in [9.17, 15) is 0 Å². The molecule has 0 aromatic heterocycles. The first-order chi connectivity index (χ1) is 7.38. The van der Waals surface area contributed by atoms with E-state index in [-0.39, 0.29) is 0 Å². The minimum absolute atomic E-state index is 0.851. The third-order valence-corrected chi connectivity index (χ3v) is 2.82. The van der Waals surface area contributed by atoms with E-state index in [1.165, 1.54) is 25.7 Å². The van der Waals surface area contributed by atoms with Gasteiger partial charge in [0.25, 0.3) is 0 Å². The van der Waals surface area contributed by atoms with E-state index < -0.39 is 0 Å². The maximum absolute atomic E-state index is 5.45. The summed E-state index contributed by atoms with van der Waals surface area (Å²) in [4.78, 5) is 0. The highest BCUT2D eigenvalue weighted by molar-refractivity contribution is 4.72. The van der Waals surface area contributed by atoms with E-state index in [1.54, 1.807) is 0 Å². The fraction of sp³-hybridized carbons (Fsp3) is 1.00. The predicted molar refractivity (Wildman–Crippen MR) is 70.3 cm³/mol. The Kier molecular flexibility index (Phi) is 16.2. The third kappa shape index (κ3) is 7.84. The predicted octanol–water partition coefficient (Wildman–Crippen LogP) is 4.90. The van der Waals surface area contributed by atoms with Gasteiger partial charge >= 0.3 is 0 Å². The van der Waals surface area contributed by atoms with Crippen molar-refractivity contribution in [2.24, 2.45) is 11.8 Å². The smallest absolute Gasteiger partial charge is 0.0496 e. The molecule has 0 aromatic rings. The van der Waals surface area contributed by atoms with Crippen LogP contribution in [0.3, 0.4) is 0 Å². The van der Waals surface area contributed by atoms with Crippen molar-refractivity contribution in [3.63, 3.8) is 0 Å². The highest BCUT2D eigenvalue weighted by Crippen LogP contribution is 2.28. The Bertz CT molecular complexity index is 99.5. The maximum atomic E-state index is 5.45. The third-order valence-electron chi connectivity index (χ3n) is 2.82. The lowest BCUT2D eigenvalue weighted by molar-refractivity contribution is 0.0124. The quantitative estimate of drug-likeness (QED) is 0.652. The van der Waals surface area contributed by atoms with Gasteiger partial charge < -0.3 is 4.74 Å². The summed E-state index contributed by atoms with van der Waals surface area (Å²) in [6.45, 7) is 14.6. The van der Waals surface area contributed by atoms with E-state index >= 15 is 0 Å². The number of hydrogen-bond donors (Lipinski definition) is 0. The largest absolute Gasteiger partial charge is 0.381 e. The van der Waals surface area contributed by atoms with E-state index in [0.717, 1.165) is 25.0 Å². The Morgan fingerprint density at radius 2 is 1.60 bits per heavy atom. The lowest BCUT2D eigenvalue weighted by atomic mass is 9.83. The fourth-order valence-electron chi connectivity index (χ4n) is 2.04. The molecule has 1 heterocycles. The number of ether oxygens (including phenoxy) is 1. The standard InChI is InChI=1S/C10H20O.2C2H6/c1-3-5-10-6-7-11-8-9(10)4-2;2*1-2/h9-10H,3-8H2,1-2H3;2*1-2H3. The number of hydrogen-bond acceptors (Lipinski definition) is 1. The summed E-state index contributed by atoms with van der Waals surface area (Å²) in [5.41, 5.74) is 0. The van der Waals surface area contributed by atoms with Crippen LogP contribution < -0.4 is 0 Å². The van der Waals surface area contributed by atoms with Gasteiger partial charge in [0, 0.05) is 13.2 Å². The second kappa shape index (κ2) is 14.0. The molecule has 0 saturated carbocycles. The Labute approximate surface area is 97.6 Å². The molecule has 0 N–H and O–H groups in total. The minimum Gasteiger partial charge on any atom is -0.381 e. The van der Waals surface area contributed by atoms with Gasteiger partial charge in [-0.2, -0.15) is 0 Å². The van der Waals surface area contributed by atoms with Gasteiger partial charge in [0.1, 0.15) is 0 Å². The van der Waals surface area contributed by atoms with Crippen molar-refractivity contribution in [3.8, 4) is 0 Å². The molecular weight excluding hydrogens is 184 g/mol. The first-order valence-corrected chi connectivity index (χ1v) is 6.96. The lowest BCUT2D eigenvalue weighted by Crippen LogP contribution is -2.26. The second-order valence-corrected chi connectivity index (χ2v) is 3.58. The first-order valence-electron chi connectivity index (χ1n) is 6.96. The highest BCUT2D eigenvalue weighted by atomic mass is 16.5. The van der Waals surface area contributed by atoms with Crippen LogP contribution in [-0.4, -0.2) is 13.2 Å². The van der Waals surface area contributed by atoms with E-state index in [4.69, 9.17) is 4.74 Å². The van der Waals surface area contributed by atoms with Gasteiger partial charge in [-0.1, -0.05) is 60.8 Å². The van der Waals surface area contributed by atoms with Crippen LogP contribution in [0, 0.1) is 11.8 Å². The molecule has 15 heavy (non-hydrogen) atoms. The van der Waals surface area contributed by atoms with Crippen LogP contribution in [-0.2, 0) is 4.74 Å². The topological polar surface area (TPSA) is 9.23 Å². The maximum Gasteiger partial charge on any atom is 0.0496 e. The van der Waals surface area contributed by atoms with Crippen molar-refractivity contribution in [2.45, 2.75) is 67.2 Å². The van der Waals surface area contributed by atoms with Crippen LogP contribution in [0.1, 0.15) is 67.2 Å². The molecule has 1 saturated heterocycles. The zero-order valence-corrected chi connectivity index (χ0v) is 11.8. The lowest BCUT2D eigenvalue weighted by Gasteiger charge is -2.30. The molecule has 1 aliphatic heterocycles. The van der Waals surface area contributed by atoms with Crippen molar-refractivity contribution in [2.75, 3.05) is 13.2 Å². The Balaban J connectivity index is 0. The molecule has 1 nitrogen and oxygen atoms in total. The van der Waals surface area contributed by atoms with Crippen LogP contribution in [0.2, 0.25) is 0 Å². The van der Waals surface area contributed by atoms with Crippen molar-refractivity contribution < 1.29 is 4.74 Å². The van der Waals surface area contributed by atoms with Gasteiger partial charge in [-0.15, -0.1) is 0 Å². The average Bonchev–Trinajstić information content (AvgIpc) is 2.35. The zero-order chi connectivity index (χ0) is 12.1. The molecular formula is C14H32O. The van der Waals surface area contributed by atoms with Crippen LogP contribution >= 0.6 is 0 Å². The molecule has 1 rings (SSSR count). The molecule has 0 aliphatic carbocycles. The highest BCUT2D eigenvalue weighted by Gasteiger charge is 2.22. The Morgan fingerprint density at radius 1 is 1.00 bits per heavy atom. The SMILES string of the molecule is CC.CC.CCCC1CCOCC1CC. The Morgan fingerprint density at radius 3 is 2.07 bits per heavy atom. The van der Waals surface area contributed by atoms with Gasteiger partial charge in [-0.25, -0.2) is 0 Å². The van der Waals surface area contributed by atoms with Gasteiger partial charge in [0.15, 0.2) is 0 Å². The van der Waals surface area contributed by atoms with Crippen LogP contribution in [0.15, 0.2) is 0 Å². The average molecular weight is 216 g/mol. The van der Waals surface area contributed by atoms with Gasteiger partial charge in [0.2, 0.25) is 0 Å². The summed E-state index contributed by atoms with van der Waals surface area (Å²) in [5, 5.41) is 0. The van der Waals surface area contributed by atoms with Crippen LogP contribution in [0.4, 0.5) is 0 Å². The van der Waals surface area contributed by atoms with Gasteiger partial charge in [-0.3, -0.25) is 0 Å². The van der Waals surface area contributed by atoms with E-state index in [1.807, 2.05) is 27.7 Å². The normalized spacial score (nSPS) is 24.4. The Hall–Kier alpha value is -0.0400. The van der Waals surface area contributed by atoms with E-state index in [0.29, 0.717) is 0 Å². The first kappa shape index (κ1) is 17.4. The van der Waals surface area contributed by atoms with Crippen molar-refractivity contribution >= 4 is 0 Å². The minimum atomic E-state index is 0.851. The monoisotopic (exact) mass is 216 g/mol.